The maximum atomic E-state index is 12.4. The van der Waals surface area contributed by atoms with E-state index in [9.17, 15) is 4.79 Å². The van der Waals surface area contributed by atoms with Crippen molar-refractivity contribution < 1.29 is 13.9 Å². The third-order valence-electron chi connectivity index (χ3n) is 5.68. The first-order valence-electron chi connectivity index (χ1n) is 10.9. The molecule has 0 bridgehead atoms. The van der Waals surface area contributed by atoms with E-state index in [1.807, 2.05) is 62.4 Å². The largest absolute Gasteiger partial charge is 0.483 e. The van der Waals surface area contributed by atoms with Crippen molar-refractivity contribution in [3.8, 4) is 17.2 Å². The van der Waals surface area contributed by atoms with Crippen LogP contribution in [0.25, 0.3) is 22.6 Å². The molecule has 4 rings (SSSR count). The zero-order chi connectivity index (χ0) is 22.7. The summed E-state index contributed by atoms with van der Waals surface area (Å²) < 4.78 is 11.6. The van der Waals surface area contributed by atoms with Crippen molar-refractivity contribution >= 4 is 22.7 Å². The lowest BCUT2D eigenvalue weighted by molar-refractivity contribution is -0.118. The Morgan fingerprint density at radius 3 is 2.72 bits per heavy atom. The molecule has 0 saturated heterocycles. The Labute approximate surface area is 188 Å². The molecule has 0 fully saturated rings. The first-order valence-corrected chi connectivity index (χ1v) is 10.9. The van der Waals surface area contributed by atoms with Crippen molar-refractivity contribution in [1.29, 1.82) is 0 Å². The normalized spacial score (nSPS) is 12.0. The number of anilines is 1. The zero-order valence-corrected chi connectivity index (χ0v) is 18.9. The molecule has 1 atom stereocenters. The lowest BCUT2D eigenvalue weighted by atomic mass is 9.98. The summed E-state index contributed by atoms with van der Waals surface area (Å²) in [6.07, 6.45) is 1.07. The highest BCUT2D eigenvalue weighted by Crippen LogP contribution is 2.29. The van der Waals surface area contributed by atoms with Gasteiger partial charge in [0.1, 0.15) is 11.3 Å². The van der Waals surface area contributed by atoms with Crippen LogP contribution in [0.2, 0.25) is 0 Å². The molecular weight excluding hydrogens is 400 g/mol. The molecular formula is C27H28N2O3. The molecule has 3 aromatic carbocycles. The highest BCUT2D eigenvalue weighted by Gasteiger charge is 2.12. The van der Waals surface area contributed by atoms with Crippen LogP contribution in [0.1, 0.15) is 42.9 Å². The van der Waals surface area contributed by atoms with E-state index >= 15 is 0 Å². The van der Waals surface area contributed by atoms with Gasteiger partial charge in [0.15, 0.2) is 12.2 Å². The van der Waals surface area contributed by atoms with Gasteiger partial charge in [0, 0.05) is 11.3 Å². The molecule has 0 radical (unpaired) electrons. The molecule has 0 aliphatic carbocycles. The van der Waals surface area contributed by atoms with E-state index in [1.54, 1.807) is 0 Å². The Morgan fingerprint density at radius 2 is 1.94 bits per heavy atom. The number of nitrogens with zero attached hydrogens (tertiary/aromatic N) is 1. The predicted octanol–water partition coefficient (Wildman–Crippen LogP) is 6.64. The van der Waals surface area contributed by atoms with Gasteiger partial charge < -0.3 is 14.5 Å². The SMILES string of the molecule is CCC(C)c1ccc2oc(-c3cccc(NC(=O)COc4ccc(C)cc4C)c3)nc2c1. The number of oxazole rings is 1. The van der Waals surface area contributed by atoms with Crippen LogP contribution < -0.4 is 10.1 Å². The van der Waals surface area contributed by atoms with E-state index in [0.29, 0.717) is 23.2 Å². The molecule has 0 aliphatic rings. The summed E-state index contributed by atoms with van der Waals surface area (Å²) in [4.78, 5) is 17.1. The maximum absolute atomic E-state index is 12.4. The van der Waals surface area contributed by atoms with Gasteiger partial charge in [0.2, 0.25) is 5.89 Å². The minimum atomic E-state index is -0.224. The number of nitrogens with one attached hydrogen (secondary N) is 1. The summed E-state index contributed by atoms with van der Waals surface area (Å²) in [5.74, 6) is 1.49. The number of benzene rings is 3. The fraction of sp³-hybridized carbons (Fsp3) is 0.259. The molecule has 1 unspecified atom stereocenters. The predicted molar refractivity (Wildman–Crippen MR) is 128 cm³/mol. The fourth-order valence-corrected chi connectivity index (χ4v) is 3.64. The van der Waals surface area contributed by atoms with Gasteiger partial charge in [-0.15, -0.1) is 0 Å². The van der Waals surface area contributed by atoms with Crippen LogP contribution in [0.15, 0.2) is 65.1 Å². The van der Waals surface area contributed by atoms with Crippen molar-refractivity contribution in [2.24, 2.45) is 0 Å². The van der Waals surface area contributed by atoms with Gasteiger partial charge in [-0.2, -0.15) is 0 Å². The number of carbonyl (C=O) groups excluding carboxylic acids is 1. The van der Waals surface area contributed by atoms with Crippen LogP contribution in [0.5, 0.6) is 5.75 Å². The summed E-state index contributed by atoms with van der Waals surface area (Å²) in [6.45, 7) is 8.32. The molecule has 0 aliphatic heterocycles. The molecule has 0 spiro atoms. The van der Waals surface area contributed by atoms with Crippen LogP contribution in [0, 0.1) is 13.8 Å². The second kappa shape index (κ2) is 9.27. The Morgan fingerprint density at radius 1 is 1.09 bits per heavy atom. The average molecular weight is 429 g/mol. The van der Waals surface area contributed by atoms with Crippen LogP contribution in [0.3, 0.4) is 0 Å². The van der Waals surface area contributed by atoms with E-state index < -0.39 is 0 Å². The number of hydrogen-bond donors (Lipinski definition) is 1. The van der Waals surface area contributed by atoms with Gasteiger partial charge in [-0.1, -0.05) is 43.7 Å². The summed E-state index contributed by atoms with van der Waals surface area (Å²) in [5.41, 5.74) is 6.49. The van der Waals surface area contributed by atoms with Crippen LogP contribution in [-0.2, 0) is 4.79 Å². The number of fused-ring (bicyclic) bond motifs is 1. The van der Waals surface area contributed by atoms with E-state index in [1.165, 1.54) is 5.56 Å². The molecule has 4 aromatic rings. The number of rotatable bonds is 7. The van der Waals surface area contributed by atoms with Crippen LogP contribution in [-0.4, -0.2) is 17.5 Å². The molecule has 32 heavy (non-hydrogen) atoms. The Balaban J connectivity index is 1.46. The Kier molecular flexibility index (Phi) is 6.26. The van der Waals surface area contributed by atoms with Crippen LogP contribution >= 0.6 is 0 Å². The third kappa shape index (κ3) is 4.83. The summed E-state index contributed by atoms with van der Waals surface area (Å²) in [7, 11) is 0. The molecule has 1 amide bonds. The Bertz CT molecular complexity index is 1260. The first-order chi connectivity index (χ1) is 15.4. The fourth-order valence-electron chi connectivity index (χ4n) is 3.64. The number of carbonyl (C=O) groups is 1. The van der Waals surface area contributed by atoms with E-state index in [-0.39, 0.29) is 12.5 Å². The summed E-state index contributed by atoms with van der Waals surface area (Å²) >= 11 is 0. The summed E-state index contributed by atoms with van der Waals surface area (Å²) in [6, 6.07) is 19.5. The number of aromatic nitrogens is 1. The number of amides is 1. The second-order valence-electron chi connectivity index (χ2n) is 8.24. The number of ether oxygens (including phenoxy) is 1. The van der Waals surface area contributed by atoms with Gasteiger partial charge in [-0.05, 0) is 73.7 Å². The van der Waals surface area contributed by atoms with E-state index in [4.69, 9.17) is 9.15 Å². The molecule has 1 aromatic heterocycles. The van der Waals surface area contributed by atoms with E-state index in [0.717, 1.165) is 34.2 Å². The van der Waals surface area contributed by atoms with Gasteiger partial charge in [0.25, 0.3) is 5.91 Å². The highest BCUT2D eigenvalue weighted by molar-refractivity contribution is 5.92. The Hall–Kier alpha value is -3.60. The van der Waals surface area contributed by atoms with Crippen LogP contribution in [0.4, 0.5) is 5.69 Å². The quantitative estimate of drug-likeness (QED) is 0.358. The lowest BCUT2D eigenvalue weighted by Gasteiger charge is -2.10. The zero-order valence-electron chi connectivity index (χ0n) is 18.9. The van der Waals surface area contributed by atoms with Crippen molar-refractivity contribution in [3.05, 3.63) is 77.4 Å². The van der Waals surface area contributed by atoms with Gasteiger partial charge >= 0.3 is 0 Å². The number of hydrogen-bond acceptors (Lipinski definition) is 4. The highest BCUT2D eigenvalue weighted by atomic mass is 16.5. The molecule has 164 valence electrons. The standard InChI is InChI=1S/C27H28N2O3/c1-5-18(3)20-10-12-25-23(15-20)29-27(32-25)21-7-6-8-22(14-21)28-26(30)16-31-24-11-9-17(2)13-19(24)4/h6-15,18H,5,16H2,1-4H3,(H,28,30). The van der Waals surface area contributed by atoms with E-state index in [2.05, 4.69) is 36.3 Å². The lowest BCUT2D eigenvalue weighted by Crippen LogP contribution is -2.20. The van der Waals surface area contributed by atoms with Gasteiger partial charge in [-0.25, -0.2) is 4.98 Å². The first kappa shape index (κ1) is 21.6. The molecule has 5 heteroatoms. The second-order valence-corrected chi connectivity index (χ2v) is 8.24. The average Bonchev–Trinajstić information content (AvgIpc) is 3.21. The minimum Gasteiger partial charge on any atom is -0.483 e. The molecule has 5 nitrogen and oxygen atoms in total. The molecule has 1 heterocycles. The maximum Gasteiger partial charge on any atom is 0.262 e. The smallest absolute Gasteiger partial charge is 0.262 e. The van der Waals surface area contributed by atoms with Crippen molar-refractivity contribution in [1.82, 2.24) is 4.98 Å². The number of aryl methyl sites for hydroxylation is 2. The third-order valence-corrected chi connectivity index (χ3v) is 5.68. The molecule has 0 saturated carbocycles. The van der Waals surface area contributed by atoms with Gasteiger partial charge in [-0.3, -0.25) is 4.79 Å². The molecule has 1 N–H and O–H groups in total. The van der Waals surface area contributed by atoms with Crippen molar-refractivity contribution in [3.63, 3.8) is 0 Å². The topological polar surface area (TPSA) is 64.4 Å². The summed E-state index contributed by atoms with van der Waals surface area (Å²) in [5, 5.41) is 2.89. The van der Waals surface area contributed by atoms with Gasteiger partial charge in [0.05, 0.1) is 0 Å². The minimum absolute atomic E-state index is 0.0601. The van der Waals surface area contributed by atoms with Crippen molar-refractivity contribution in [2.75, 3.05) is 11.9 Å². The van der Waals surface area contributed by atoms with Crippen molar-refractivity contribution in [2.45, 2.75) is 40.0 Å². The monoisotopic (exact) mass is 428 g/mol.